The van der Waals surface area contributed by atoms with Crippen LogP contribution < -0.4 is 0 Å². The molecule has 0 amide bonds. The van der Waals surface area contributed by atoms with E-state index in [9.17, 15) is 14.7 Å². The minimum absolute atomic E-state index is 0.166. The van der Waals surface area contributed by atoms with Crippen molar-refractivity contribution in [2.45, 2.75) is 153 Å². The fourth-order valence-corrected chi connectivity index (χ4v) is 7.72. The van der Waals surface area contributed by atoms with Gasteiger partial charge in [-0.1, -0.05) is 77.2 Å². The van der Waals surface area contributed by atoms with Gasteiger partial charge >= 0.3 is 11.9 Å². The van der Waals surface area contributed by atoms with E-state index in [0.29, 0.717) is 32.1 Å². The summed E-state index contributed by atoms with van der Waals surface area (Å²) in [5.41, 5.74) is -2.32. The number of nitrogens with zero attached hydrogens (tertiary/aromatic N) is 1. The second kappa shape index (κ2) is 16.1. The van der Waals surface area contributed by atoms with E-state index in [4.69, 9.17) is 9.47 Å². The summed E-state index contributed by atoms with van der Waals surface area (Å²) in [5.74, 6) is -0.173. The Bertz CT molecular complexity index is 851. The molecule has 0 saturated heterocycles. The highest BCUT2D eigenvalue weighted by atomic mass is 16.6. The van der Waals surface area contributed by atoms with Gasteiger partial charge in [0.15, 0.2) is 0 Å². The van der Waals surface area contributed by atoms with Crippen LogP contribution in [-0.4, -0.2) is 58.4 Å². The lowest BCUT2D eigenvalue weighted by atomic mass is 9.50. The fraction of sp³-hybridized carbons (Fsp3) is 0.824. The number of unbranched alkanes of at least 4 members (excludes halogenated alkanes) is 8. The highest BCUT2D eigenvalue weighted by Gasteiger charge is 2.66. The van der Waals surface area contributed by atoms with Crippen LogP contribution in [0.3, 0.4) is 0 Å². The minimum Gasteiger partial charge on any atom is -0.459 e. The van der Waals surface area contributed by atoms with Gasteiger partial charge < -0.3 is 14.6 Å². The quantitative estimate of drug-likeness (QED) is 0.0949. The summed E-state index contributed by atoms with van der Waals surface area (Å²) < 4.78 is 12.3. The molecular weight excluding hydrogens is 502 g/mol. The van der Waals surface area contributed by atoms with Crippen molar-refractivity contribution in [2.75, 3.05) is 19.6 Å². The number of likely N-dealkylation sites (N-methyl/N-ethyl adjacent to an activating group) is 1. The molecule has 0 aliphatic heterocycles. The summed E-state index contributed by atoms with van der Waals surface area (Å²) in [6.07, 6.45) is 25.9. The van der Waals surface area contributed by atoms with E-state index in [2.05, 4.69) is 31.2 Å². The zero-order chi connectivity index (χ0) is 28.9. The topological polar surface area (TPSA) is 76.1 Å². The number of rotatable bonds is 20. The smallest absolute Gasteiger partial charge is 0.320 e. The van der Waals surface area contributed by atoms with E-state index >= 15 is 0 Å². The number of carbonyl (C=O) groups excluding carboxylic acids is 2. The van der Waals surface area contributed by atoms with Crippen molar-refractivity contribution in [2.24, 2.45) is 5.92 Å². The first-order valence-electron chi connectivity index (χ1n) is 16.4. The van der Waals surface area contributed by atoms with Crippen molar-refractivity contribution in [1.82, 2.24) is 4.90 Å². The Hall–Kier alpha value is -1.66. The molecule has 4 aliphatic carbocycles. The largest absolute Gasteiger partial charge is 0.459 e. The number of hydrogen-bond acceptors (Lipinski definition) is 6. The van der Waals surface area contributed by atoms with E-state index in [-0.39, 0.29) is 24.4 Å². The van der Waals surface area contributed by atoms with Crippen molar-refractivity contribution in [3.63, 3.8) is 0 Å². The summed E-state index contributed by atoms with van der Waals surface area (Å²) in [7, 11) is 0. The van der Waals surface area contributed by atoms with Gasteiger partial charge in [-0.3, -0.25) is 14.5 Å². The van der Waals surface area contributed by atoms with Crippen molar-refractivity contribution < 1.29 is 24.2 Å². The standard InChI is InChI=1S/C34H57NO5/c1-4-7-8-9-10-11-12-13-14-15-16-17-18-19-20-21-30(36)39-33-23-29-22-32(38,26-33)27-34(24-29,28-33)40-31(37)25-35(5-2)6-3/h10-11,13-14,29,38H,4-9,12,15-28H2,1-3H3/b11-10-,14-13-/t29?,32-,33+,34+/m0/s1. The lowest BCUT2D eigenvalue weighted by Gasteiger charge is -2.63. The first-order chi connectivity index (χ1) is 19.2. The van der Waals surface area contributed by atoms with Gasteiger partial charge in [-0.2, -0.15) is 0 Å². The van der Waals surface area contributed by atoms with Gasteiger partial charge in [-0.25, -0.2) is 0 Å². The van der Waals surface area contributed by atoms with Crippen LogP contribution in [0.5, 0.6) is 0 Å². The molecule has 0 aromatic heterocycles. The minimum atomic E-state index is -0.908. The van der Waals surface area contributed by atoms with E-state index in [0.717, 1.165) is 58.0 Å². The Morgan fingerprint density at radius 3 is 1.93 bits per heavy atom. The zero-order valence-electron chi connectivity index (χ0n) is 25.8. The van der Waals surface area contributed by atoms with Gasteiger partial charge in [-0.15, -0.1) is 0 Å². The van der Waals surface area contributed by atoms with Gasteiger partial charge in [0.2, 0.25) is 0 Å². The maximum atomic E-state index is 12.9. The number of aliphatic hydroxyl groups is 1. The maximum Gasteiger partial charge on any atom is 0.320 e. The summed E-state index contributed by atoms with van der Waals surface area (Å²) in [5, 5.41) is 11.3. The highest BCUT2D eigenvalue weighted by molar-refractivity contribution is 5.72. The van der Waals surface area contributed by atoms with Crippen LogP contribution in [0.15, 0.2) is 24.3 Å². The van der Waals surface area contributed by atoms with E-state index < -0.39 is 16.8 Å². The van der Waals surface area contributed by atoms with Crippen LogP contribution in [0.4, 0.5) is 0 Å². The van der Waals surface area contributed by atoms with Crippen molar-refractivity contribution in [3.8, 4) is 0 Å². The summed E-state index contributed by atoms with van der Waals surface area (Å²) in [4.78, 5) is 27.7. The normalized spacial score (nSPS) is 29.2. The van der Waals surface area contributed by atoms with Crippen LogP contribution >= 0.6 is 0 Å². The number of ether oxygens (including phenoxy) is 2. The van der Waals surface area contributed by atoms with Gasteiger partial charge in [0.25, 0.3) is 0 Å². The van der Waals surface area contributed by atoms with Crippen LogP contribution in [0, 0.1) is 5.92 Å². The average molecular weight is 560 g/mol. The first-order valence-corrected chi connectivity index (χ1v) is 16.4. The predicted molar refractivity (Wildman–Crippen MR) is 161 cm³/mol. The predicted octanol–water partition coefficient (Wildman–Crippen LogP) is 7.43. The molecule has 0 radical (unpaired) electrons. The van der Waals surface area contributed by atoms with E-state index in [1.165, 1.54) is 38.5 Å². The molecule has 228 valence electrons. The molecule has 4 atom stereocenters. The molecule has 4 saturated carbocycles. The third kappa shape index (κ3) is 10.3. The summed E-state index contributed by atoms with van der Waals surface area (Å²) >= 11 is 0. The second-order valence-electron chi connectivity index (χ2n) is 13.0. The van der Waals surface area contributed by atoms with Crippen LogP contribution in [0.2, 0.25) is 0 Å². The zero-order valence-corrected chi connectivity index (χ0v) is 25.8. The first kappa shape index (κ1) is 32.8. The van der Waals surface area contributed by atoms with Crippen LogP contribution in [-0.2, 0) is 19.1 Å². The number of carbonyl (C=O) groups is 2. The van der Waals surface area contributed by atoms with Gasteiger partial charge in [0.05, 0.1) is 12.1 Å². The molecule has 40 heavy (non-hydrogen) atoms. The number of allylic oxidation sites excluding steroid dienone is 4. The monoisotopic (exact) mass is 559 g/mol. The molecule has 0 aromatic rings. The fourth-order valence-electron chi connectivity index (χ4n) is 7.72. The highest BCUT2D eigenvalue weighted by Crippen LogP contribution is 2.61. The number of esters is 2. The van der Waals surface area contributed by atoms with Gasteiger partial charge in [0.1, 0.15) is 11.2 Å². The van der Waals surface area contributed by atoms with Crippen LogP contribution in [0.25, 0.3) is 0 Å². The lowest BCUT2D eigenvalue weighted by Crippen LogP contribution is -2.68. The Morgan fingerprint density at radius 1 is 0.750 bits per heavy atom. The molecule has 4 aliphatic rings. The molecule has 1 N–H and O–H groups in total. The van der Waals surface area contributed by atoms with Crippen molar-refractivity contribution in [3.05, 3.63) is 24.3 Å². The Balaban J connectivity index is 1.33. The number of hydrogen-bond donors (Lipinski definition) is 1. The second-order valence-corrected chi connectivity index (χ2v) is 13.0. The molecule has 0 heterocycles. The maximum absolute atomic E-state index is 12.9. The molecule has 4 fully saturated rings. The summed E-state index contributed by atoms with van der Waals surface area (Å²) in [6, 6.07) is 0. The molecule has 0 spiro atoms. The van der Waals surface area contributed by atoms with E-state index in [1.54, 1.807) is 0 Å². The Kier molecular flexibility index (Phi) is 13.2. The van der Waals surface area contributed by atoms with Gasteiger partial charge in [0, 0.05) is 25.7 Å². The molecule has 4 bridgehead atoms. The molecular formula is C34H57NO5. The van der Waals surface area contributed by atoms with Crippen LogP contribution in [0.1, 0.15) is 136 Å². The van der Waals surface area contributed by atoms with Gasteiger partial charge in [-0.05, 0) is 76.8 Å². The molecule has 6 heteroatoms. The third-order valence-electron chi connectivity index (χ3n) is 9.18. The van der Waals surface area contributed by atoms with Crippen molar-refractivity contribution >= 4 is 11.9 Å². The Morgan fingerprint density at radius 2 is 1.32 bits per heavy atom. The molecule has 1 unspecified atom stereocenters. The molecule has 6 nitrogen and oxygen atoms in total. The SMILES string of the molecule is CCCCC/C=C\C/C=C\CCCCCCCC(=O)O[C@]12CC3C[C@](O)(C1)C[C@](OC(=O)CN(CC)CC)(C3)C2. The summed E-state index contributed by atoms with van der Waals surface area (Å²) in [6.45, 7) is 8.15. The van der Waals surface area contributed by atoms with Crippen molar-refractivity contribution in [1.29, 1.82) is 0 Å². The Labute approximate surface area is 243 Å². The molecule has 0 aromatic carbocycles. The van der Waals surface area contributed by atoms with E-state index in [1.807, 2.05) is 18.7 Å². The average Bonchev–Trinajstić information content (AvgIpc) is 2.87. The molecule has 4 rings (SSSR count). The lowest BCUT2D eigenvalue weighted by molar-refractivity contribution is -0.267. The third-order valence-corrected chi connectivity index (χ3v) is 9.18.